The molecule has 0 aliphatic heterocycles. The second-order valence-electron chi connectivity index (χ2n) is 1.70. The van der Waals surface area contributed by atoms with Crippen LogP contribution in [0.25, 0.3) is 0 Å². The molecule has 0 rings (SSSR count). The third-order valence-corrected chi connectivity index (χ3v) is 2.49. The summed E-state index contributed by atoms with van der Waals surface area (Å²) < 4.78 is 25.1. The van der Waals surface area contributed by atoms with Crippen LogP contribution < -0.4 is 29.6 Å². The van der Waals surface area contributed by atoms with Crippen molar-refractivity contribution >= 4 is 21.7 Å². The molecule has 11 heavy (non-hydrogen) atoms. The quantitative estimate of drug-likeness (QED) is 0.301. The van der Waals surface area contributed by atoms with E-state index >= 15 is 0 Å². The van der Waals surface area contributed by atoms with Gasteiger partial charge in [-0.2, -0.15) is 8.42 Å². The summed E-state index contributed by atoms with van der Waals surface area (Å²) in [4.78, 5) is 0. The van der Waals surface area contributed by atoms with E-state index < -0.39 is 22.0 Å². The zero-order valence-corrected chi connectivity index (χ0v) is 10.0. The second kappa shape index (κ2) is 6.65. The van der Waals surface area contributed by atoms with E-state index in [0.29, 0.717) is 0 Å². The molecule has 0 aromatic heterocycles. The van der Waals surface area contributed by atoms with Gasteiger partial charge in [0.15, 0.2) is 0 Å². The molecule has 0 aliphatic rings. The Kier molecular flexibility index (Phi) is 8.87. The summed E-state index contributed by atoms with van der Waals surface area (Å²) in [6.45, 7) is 0. The van der Waals surface area contributed by atoms with Gasteiger partial charge in [-0.05, 0) is 0 Å². The number of alkyl halides is 1. The Morgan fingerprint density at radius 1 is 1.73 bits per heavy atom. The van der Waals surface area contributed by atoms with Gasteiger partial charge in [-0.3, -0.25) is 4.18 Å². The molecule has 0 aromatic rings. The van der Waals surface area contributed by atoms with Crippen LogP contribution in [0.3, 0.4) is 0 Å². The van der Waals surface area contributed by atoms with Crippen LogP contribution in [0.2, 0.25) is 0 Å². The van der Waals surface area contributed by atoms with Crippen molar-refractivity contribution in [2.75, 3.05) is 18.7 Å². The van der Waals surface area contributed by atoms with Crippen molar-refractivity contribution in [3.05, 3.63) is 0 Å². The summed E-state index contributed by atoms with van der Waals surface area (Å²) in [6, 6.07) is 0. The van der Waals surface area contributed by atoms with Gasteiger partial charge in [-0.15, -0.1) is 11.6 Å². The van der Waals surface area contributed by atoms with Crippen molar-refractivity contribution in [2.24, 2.45) is 0 Å². The van der Waals surface area contributed by atoms with Crippen LogP contribution in [0, 0.1) is 0 Å². The van der Waals surface area contributed by atoms with Gasteiger partial charge in [0, 0.05) is 5.88 Å². The molecular weight excluding hydrogens is 203 g/mol. The van der Waals surface area contributed by atoms with Gasteiger partial charge in [0.25, 0.3) is 10.1 Å². The molecule has 0 heterocycles. The van der Waals surface area contributed by atoms with E-state index in [1.165, 1.54) is 0 Å². The van der Waals surface area contributed by atoms with Gasteiger partial charge in [0.05, 0.1) is 13.2 Å². The Labute approximate surface area is 94.8 Å². The fourth-order valence-electron chi connectivity index (χ4n) is 0.348. The molecule has 0 spiro atoms. The summed E-state index contributed by atoms with van der Waals surface area (Å²) in [5, 5.41) is 8.73. The predicted molar refractivity (Wildman–Crippen MR) is 38.6 cm³/mol. The molecule has 1 unspecified atom stereocenters. The van der Waals surface area contributed by atoms with E-state index in [1.54, 1.807) is 0 Å². The molecule has 0 fully saturated rings. The van der Waals surface area contributed by atoms with Crippen molar-refractivity contribution in [3.8, 4) is 0 Å². The number of rotatable bonds is 4. The molecule has 0 radical (unpaired) electrons. The van der Waals surface area contributed by atoms with E-state index in [0.717, 1.165) is 7.11 Å². The molecule has 0 amide bonds. The number of halogens is 1. The van der Waals surface area contributed by atoms with E-state index in [-0.39, 0.29) is 36.9 Å². The SMILES string of the molecule is COS(=O)(=O)CC(O)CCl.[H-].[Na+]. The van der Waals surface area contributed by atoms with E-state index in [9.17, 15) is 8.42 Å². The molecule has 64 valence electrons. The fourth-order valence-corrected chi connectivity index (χ4v) is 1.31. The average molecular weight is 213 g/mol. The topological polar surface area (TPSA) is 63.6 Å². The molecule has 0 aliphatic carbocycles. The normalized spacial score (nSPS) is 13.7. The fraction of sp³-hybridized carbons (Fsp3) is 1.00. The Morgan fingerprint density at radius 2 is 2.18 bits per heavy atom. The van der Waals surface area contributed by atoms with Crippen molar-refractivity contribution in [1.82, 2.24) is 0 Å². The minimum atomic E-state index is -3.57. The first kappa shape index (κ1) is 14.7. The van der Waals surface area contributed by atoms with Gasteiger partial charge < -0.3 is 6.53 Å². The standard InChI is InChI=1S/C4H9ClO4S.Na.H/c1-9-10(7,8)3-4(6)2-5;;/h4,6H,2-3H2,1H3;;/q;+1;-1. The van der Waals surface area contributed by atoms with Crippen molar-refractivity contribution in [3.63, 3.8) is 0 Å². The van der Waals surface area contributed by atoms with E-state index in [4.69, 9.17) is 16.7 Å². The summed E-state index contributed by atoms with van der Waals surface area (Å²) >= 11 is 5.15. The van der Waals surface area contributed by atoms with Crippen LogP contribution in [-0.4, -0.2) is 38.4 Å². The van der Waals surface area contributed by atoms with Crippen molar-refractivity contribution in [1.29, 1.82) is 0 Å². The summed E-state index contributed by atoms with van der Waals surface area (Å²) in [7, 11) is -2.53. The third kappa shape index (κ3) is 7.52. The van der Waals surface area contributed by atoms with Crippen LogP contribution in [0.1, 0.15) is 1.43 Å². The maximum atomic E-state index is 10.5. The average Bonchev–Trinajstić information content (AvgIpc) is 1.87. The Balaban J connectivity index is -0.000000405. The van der Waals surface area contributed by atoms with Crippen molar-refractivity contribution in [2.45, 2.75) is 6.10 Å². The van der Waals surface area contributed by atoms with Gasteiger partial charge in [-0.1, -0.05) is 0 Å². The minimum Gasteiger partial charge on any atom is -1.00 e. The maximum absolute atomic E-state index is 10.5. The summed E-state index contributed by atoms with van der Waals surface area (Å²) in [5.74, 6) is -0.560. The van der Waals surface area contributed by atoms with Crippen LogP contribution in [0.5, 0.6) is 0 Å². The van der Waals surface area contributed by atoms with Crippen LogP contribution in [0.15, 0.2) is 0 Å². The van der Waals surface area contributed by atoms with E-state index in [1.807, 2.05) is 0 Å². The predicted octanol–water partition coefficient (Wildman–Crippen LogP) is -3.32. The largest absolute Gasteiger partial charge is 1.00 e. The Hall–Kier alpha value is 1.16. The van der Waals surface area contributed by atoms with Gasteiger partial charge in [0.2, 0.25) is 0 Å². The van der Waals surface area contributed by atoms with Crippen LogP contribution >= 0.6 is 11.6 Å². The number of aliphatic hydroxyl groups is 1. The van der Waals surface area contributed by atoms with Crippen LogP contribution in [-0.2, 0) is 14.3 Å². The maximum Gasteiger partial charge on any atom is 1.00 e. The molecular formula is C4H10ClNaO4S. The molecule has 1 N–H and O–H groups in total. The van der Waals surface area contributed by atoms with E-state index in [2.05, 4.69) is 4.18 Å². The summed E-state index contributed by atoms with van der Waals surface area (Å²) in [6.07, 6.45) is -1.05. The molecule has 7 heteroatoms. The first-order chi connectivity index (χ1) is 4.52. The Morgan fingerprint density at radius 3 is 2.45 bits per heavy atom. The molecule has 0 saturated heterocycles. The molecule has 4 nitrogen and oxygen atoms in total. The summed E-state index contributed by atoms with van der Waals surface area (Å²) in [5.41, 5.74) is 0. The second-order valence-corrected chi connectivity index (χ2v) is 3.79. The van der Waals surface area contributed by atoms with Crippen molar-refractivity contribution < 1.29 is 48.7 Å². The van der Waals surface area contributed by atoms with Gasteiger partial charge in [0.1, 0.15) is 5.75 Å². The number of hydrogen-bond donors (Lipinski definition) is 1. The minimum absolute atomic E-state index is 0. The Bertz CT molecular complexity index is 185. The molecule has 0 aromatic carbocycles. The number of hydrogen-bond acceptors (Lipinski definition) is 4. The monoisotopic (exact) mass is 212 g/mol. The third-order valence-electron chi connectivity index (χ3n) is 0.829. The first-order valence-electron chi connectivity index (χ1n) is 2.54. The zero-order valence-electron chi connectivity index (χ0n) is 7.45. The smallest absolute Gasteiger partial charge is 1.00 e. The van der Waals surface area contributed by atoms with Gasteiger partial charge in [-0.25, -0.2) is 0 Å². The number of aliphatic hydroxyl groups excluding tert-OH is 1. The van der Waals surface area contributed by atoms with Crippen LogP contribution in [0.4, 0.5) is 0 Å². The van der Waals surface area contributed by atoms with Gasteiger partial charge >= 0.3 is 29.6 Å². The first-order valence-corrected chi connectivity index (χ1v) is 4.65. The molecule has 0 saturated carbocycles. The molecule has 1 atom stereocenters. The molecule has 0 bridgehead atoms. The zero-order chi connectivity index (χ0) is 8.20.